The molecule has 0 aromatic heterocycles. The Hall–Kier alpha value is 0.960. The van der Waals surface area contributed by atoms with Crippen LogP contribution in [0.15, 0.2) is 0 Å². The molecule has 0 saturated heterocycles. The topological polar surface area (TPSA) is 20.2 Å². The fraction of sp³-hybridized carbons (Fsp3) is 1.00. The Labute approximate surface area is 49.8 Å². The van der Waals surface area contributed by atoms with E-state index in [0.29, 0.717) is 6.61 Å². The first-order chi connectivity index (χ1) is 2.41. The first kappa shape index (κ1) is 5.96. The third-order valence-electron chi connectivity index (χ3n) is 0.512. The van der Waals surface area contributed by atoms with Crippen molar-refractivity contribution in [3.63, 3.8) is 0 Å². The standard InChI is InChI=1S/C3H7O.Na/c1-2-3-4;/h4H,1-3H2;. The molecule has 26 valence electrons. The second kappa shape index (κ2) is 4.96. The summed E-state index contributed by atoms with van der Waals surface area (Å²) in [4.78, 5) is 0. The van der Waals surface area contributed by atoms with Gasteiger partial charge in [-0.25, -0.2) is 0 Å². The molecule has 1 N–H and O–H groups in total. The van der Waals surface area contributed by atoms with Crippen molar-refractivity contribution in [2.45, 2.75) is 10.1 Å². The van der Waals surface area contributed by atoms with Crippen LogP contribution in [0, 0.1) is 0 Å². The summed E-state index contributed by atoms with van der Waals surface area (Å²) in [7, 11) is 0. The predicted molar refractivity (Wildman–Crippen MR) is 22.3 cm³/mol. The van der Waals surface area contributed by atoms with Gasteiger partial charge in [0.15, 0.2) is 0 Å². The normalized spacial score (nSPS) is 8.60. The van der Waals surface area contributed by atoms with Gasteiger partial charge in [-0.15, -0.1) is 0 Å². The fourth-order valence-electron chi connectivity index (χ4n) is 0.158. The van der Waals surface area contributed by atoms with Crippen LogP contribution in [0.5, 0.6) is 0 Å². The molecule has 0 radical (unpaired) electrons. The van der Waals surface area contributed by atoms with E-state index >= 15 is 0 Å². The molecule has 0 saturated carbocycles. The van der Waals surface area contributed by atoms with Gasteiger partial charge in [0, 0.05) is 0 Å². The molecule has 0 fully saturated rings. The first-order valence-corrected chi connectivity index (χ1v) is 3.44. The summed E-state index contributed by atoms with van der Waals surface area (Å²) in [5, 5.41) is 8.09. The zero-order valence-corrected chi connectivity index (χ0v) is 5.57. The van der Waals surface area contributed by atoms with Gasteiger partial charge in [0.05, 0.1) is 0 Å². The van der Waals surface area contributed by atoms with Crippen molar-refractivity contribution in [1.29, 1.82) is 0 Å². The molecule has 0 unspecified atom stereocenters. The summed E-state index contributed by atoms with van der Waals surface area (Å²) in [6, 6.07) is 0. The summed E-state index contributed by atoms with van der Waals surface area (Å²) < 4.78 is 1.23. The van der Waals surface area contributed by atoms with E-state index in [1.807, 2.05) is 0 Å². The van der Waals surface area contributed by atoms with E-state index in [0.717, 1.165) is 6.42 Å². The molecule has 0 rings (SSSR count). The third kappa shape index (κ3) is 4.96. The number of aliphatic hydroxyl groups is 1. The fourth-order valence-corrected chi connectivity index (χ4v) is 0.474. The first-order valence-electron chi connectivity index (χ1n) is 2.02. The summed E-state index contributed by atoms with van der Waals surface area (Å²) in [5.74, 6) is 0. The molecule has 0 amide bonds. The maximum absolute atomic E-state index is 8.09. The summed E-state index contributed by atoms with van der Waals surface area (Å²) in [6.07, 6.45) is 1.01. The molecular formula is C3H7NaO. The van der Waals surface area contributed by atoms with Crippen molar-refractivity contribution in [2.75, 3.05) is 6.61 Å². The predicted octanol–water partition coefficient (Wildman–Crippen LogP) is -0.0444. The van der Waals surface area contributed by atoms with Gasteiger partial charge in [-0.05, 0) is 0 Å². The van der Waals surface area contributed by atoms with Crippen LogP contribution in [0.2, 0.25) is 3.67 Å². The number of hydrogen-bond acceptors (Lipinski definition) is 1. The molecule has 0 spiro atoms. The Morgan fingerprint density at radius 1 is 1.60 bits per heavy atom. The van der Waals surface area contributed by atoms with Gasteiger partial charge in [0.2, 0.25) is 0 Å². The SMILES string of the molecule is OCC[CH2][Na]. The van der Waals surface area contributed by atoms with Crippen molar-refractivity contribution >= 4 is 27.9 Å². The molecule has 1 nitrogen and oxygen atoms in total. The Kier molecular flexibility index (Phi) is 5.91. The van der Waals surface area contributed by atoms with Crippen molar-refractivity contribution < 1.29 is 5.11 Å². The van der Waals surface area contributed by atoms with Gasteiger partial charge in [0.1, 0.15) is 0 Å². The van der Waals surface area contributed by atoms with Gasteiger partial charge in [-0.3, -0.25) is 0 Å². The van der Waals surface area contributed by atoms with Crippen LogP contribution < -0.4 is 0 Å². The van der Waals surface area contributed by atoms with E-state index in [-0.39, 0.29) is 0 Å². The van der Waals surface area contributed by atoms with E-state index in [4.69, 9.17) is 5.11 Å². The van der Waals surface area contributed by atoms with E-state index in [9.17, 15) is 0 Å². The van der Waals surface area contributed by atoms with Gasteiger partial charge in [-0.2, -0.15) is 0 Å². The van der Waals surface area contributed by atoms with Crippen molar-refractivity contribution in [3.05, 3.63) is 0 Å². The maximum atomic E-state index is 8.09. The van der Waals surface area contributed by atoms with Gasteiger partial charge in [-0.1, -0.05) is 0 Å². The summed E-state index contributed by atoms with van der Waals surface area (Å²) >= 11 is 1.24. The van der Waals surface area contributed by atoms with Gasteiger partial charge in [0.25, 0.3) is 0 Å². The van der Waals surface area contributed by atoms with E-state index < -0.39 is 0 Å². The van der Waals surface area contributed by atoms with Gasteiger partial charge < -0.3 is 0 Å². The quantitative estimate of drug-likeness (QED) is 0.463. The van der Waals surface area contributed by atoms with Crippen LogP contribution in [0.25, 0.3) is 0 Å². The number of rotatable bonds is 2. The molecule has 0 aromatic rings. The molecule has 0 atom stereocenters. The van der Waals surface area contributed by atoms with Crippen molar-refractivity contribution in [2.24, 2.45) is 0 Å². The average Bonchev–Trinajstić information content (AvgIpc) is 1.41. The van der Waals surface area contributed by atoms with Crippen molar-refractivity contribution in [3.8, 4) is 0 Å². The minimum absolute atomic E-state index is 0.378. The van der Waals surface area contributed by atoms with E-state index in [1.54, 1.807) is 0 Å². The Bertz CT molecular complexity index is 14.4. The number of hydrogen-bond donors (Lipinski definition) is 1. The zero-order chi connectivity index (χ0) is 4.12. The van der Waals surface area contributed by atoms with E-state index in [2.05, 4.69) is 0 Å². The minimum atomic E-state index is 0.378. The molecule has 0 aliphatic rings. The van der Waals surface area contributed by atoms with Crippen LogP contribution in [-0.2, 0) is 0 Å². The molecule has 0 aliphatic carbocycles. The van der Waals surface area contributed by atoms with Crippen LogP contribution in [0.3, 0.4) is 0 Å². The molecule has 0 aromatic carbocycles. The van der Waals surface area contributed by atoms with Crippen LogP contribution in [-0.4, -0.2) is 39.6 Å². The molecule has 0 bridgehead atoms. The molecular weight excluding hydrogens is 75.0 g/mol. The van der Waals surface area contributed by atoms with Crippen molar-refractivity contribution in [1.82, 2.24) is 0 Å². The third-order valence-corrected chi connectivity index (χ3v) is 1.22. The molecule has 2 heteroatoms. The Morgan fingerprint density at radius 3 is 2.20 bits per heavy atom. The van der Waals surface area contributed by atoms with Gasteiger partial charge >= 0.3 is 49.7 Å². The molecule has 5 heavy (non-hydrogen) atoms. The molecule has 0 aliphatic heterocycles. The summed E-state index contributed by atoms with van der Waals surface area (Å²) in [6.45, 7) is 0.378. The second-order valence-electron chi connectivity index (χ2n) is 1.08. The zero-order valence-electron chi connectivity index (χ0n) is 3.57. The Balaban J connectivity index is 2.19. The monoisotopic (exact) mass is 82.0 g/mol. The Morgan fingerprint density at radius 2 is 2.20 bits per heavy atom. The number of aliphatic hydroxyl groups excluding tert-OH is 1. The van der Waals surface area contributed by atoms with Crippen LogP contribution in [0.4, 0.5) is 0 Å². The van der Waals surface area contributed by atoms with E-state index in [1.165, 1.54) is 31.6 Å². The van der Waals surface area contributed by atoms with Crippen LogP contribution in [0.1, 0.15) is 6.42 Å². The summed E-state index contributed by atoms with van der Waals surface area (Å²) in [5.41, 5.74) is 0. The molecule has 0 heterocycles. The van der Waals surface area contributed by atoms with Crippen LogP contribution >= 0.6 is 0 Å². The second-order valence-corrected chi connectivity index (χ2v) is 2.08. The average molecular weight is 82.1 g/mol.